The van der Waals surface area contributed by atoms with Crippen molar-refractivity contribution in [1.29, 1.82) is 0 Å². The van der Waals surface area contributed by atoms with Crippen molar-refractivity contribution in [1.82, 2.24) is 9.97 Å². The molecule has 138 valence electrons. The summed E-state index contributed by atoms with van der Waals surface area (Å²) < 4.78 is 0. The molecule has 1 saturated heterocycles. The zero-order chi connectivity index (χ0) is 18.8. The maximum atomic E-state index is 11.5. The molecule has 2 atom stereocenters. The van der Waals surface area contributed by atoms with E-state index in [0.717, 1.165) is 25.1 Å². The highest BCUT2D eigenvalue weighted by molar-refractivity contribution is 5.74. The van der Waals surface area contributed by atoms with Crippen LogP contribution in [-0.4, -0.2) is 28.0 Å². The zero-order valence-electron chi connectivity index (χ0n) is 15.3. The molecule has 0 unspecified atom stereocenters. The molecule has 1 aromatic carbocycles. The Morgan fingerprint density at radius 1 is 1.19 bits per heavy atom. The summed E-state index contributed by atoms with van der Waals surface area (Å²) in [6, 6.07) is 7.55. The van der Waals surface area contributed by atoms with Crippen molar-refractivity contribution in [3.63, 3.8) is 0 Å². The number of nitro groups is 1. The van der Waals surface area contributed by atoms with Crippen LogP contribution in [-0.2, 0) is 0 Å². The predicted octanol–water partition coefficient (Wildman–Crippen LogP) is 3.50. The van der Waals surface area contributed by atoms with Crippen LogP contribution in [0.15, 0.2) is 24.3 Å². The summed E-state index contributed by atoms with van der Waals surface area (Å²) in [6.45, 7) is 7.97. The highest BCUT2D eigenvalue weighted by Gasteiger charge is 2.28. The van der Waals surface area contributed by atoms with Gasteiger partial charge in [0.2, 0.25) is 17.6 Å². The van der Waals surface area contributed by atoms with E-state index in [4.69, 9.17) is 5.73 Å². The van der Waals surface area contributed by atoms with Gasteiger partial charge in [-0.2, -0.15) is 9.97 Å². The second-order valence-corrected chi connectivity index (χ2v) is 7.21. The number of hydrogen-bond acceptors (Lipinski definition) is 7. The van der Waals surface area contributed by atoms with Crippen molar-refractivity contribution in [3.8, 4) is 0 Å². The van der Waals surface area contributed by atoms with Crippen LogP contribution in [0.25, 0.3) is 0 Å². The summed E-state index contributed by atoms with van der Waals surface area (Å²) in [5, 5.41) is 14.5. The largest absolute Gasteiger partial charge is 0.378 e. The lowest BCUT2D eigenvalue weighted by Gasteiger charge is -2.35. The Morgan fingerprint density at radius 2 is 1.81 bits per heavy atom. The van der Waals surface area contributed by atoms with Crippen molar-refractivity contribution in [2.24, 2.45) is 11.8 Å². The Balaban J connectivity index is 1.99. The number of aromatic nitrogens is 2. The minimum absolute atomic E-state index is 0.118. The van der Waals surface area contributed by atoms with Gasteiger partial charge in [0.25, 0.3) is 0 Å². The van der Waals surface area contributed by atoms with Gasteiger partial charge in [-0.25, -0.2) is 0 Å². The third kappa shape index (κ3) is 3.84. The highest BCUT2D eigenvalue weighted by Crippen LogP contribution is 2.33. The van der Waals surface area contributed by atoms with Crippen LogP contribution in [0, 0.1) is 28.9 Å². The SMILES string of the molecule is Cc1ccc(Nc2nc(N3C[C@@H](C)C[C@H](C)C3)nc(N)c2[N+](=O)[O-])cc1. The first-order chi connectivity index (χ1) is 12.3. The van der Waals surface area contributed by atoms with Crippen molar-refractivity contribution in [2.75, 3.05) is 29.0 Å². The second-order valence-electron chi connectivity index (χ2n) is 7.21. The normalized spacial score (nSPS) is 20.0. The summed E-state index contributed by atoms with van der Waals surface area (Å²) >= 11 is 0. The van der Waals surface area contributed by atoms with E-state index in [-0.39, 0.29) is 17.3 Å². The summed E-state index contributed by atoms with van der Waals surface area (Å²) in [6.07, 6.45) is 1.15. The van der Waals surface area contributed by atoms with E-state index < -0.39 is 4.92 Å². The molecule has 0 spiro atoms. The molecular weight excluding hydrogens is 332 g/mol. The molecule has 1 aromatic heterocycles. The average molecular weight is 356 g/mol. The van der Waals surface area contributed by atoms with E-state index in [1.165, 1.54) is 0 Å². The van der Waals surface area contributed by atoms with Gasteiger partial charge in [0, 0.05) is 18.8 Å². The van der Waals surface area contributed by atoms with E-state index in [9.17, 15) is 10.1 Å². The lowest BCUT2D eigenvalue weighted by Crippen LogP contribution is -2.39. The Bertz CT molecular complexity index is 798. The molecule has 2 heterocycles. The molecule has 1 fully saturated rings. The maximum Gasteiger partial charge on any atom is 0.353 e. The van der Waals surface area contributed by atoms with Crippen LogP contribution in [0.1, 0.15) is 25.8 Å². The fraction of sp³-hybridized carbons (Fsp3) is 0.444. The lowest BCUT2D eigenvalue weighted by atomic mass is 9.92. The minimum atomic E-state index is -0.545. The third-order valence-electron chi connectivity index (χ3n) is 4.55. The third-order valence-corrected chi connectivity index (χ3v) is 4.55. The second kappa shape index (κ2) is 7.15. The molecule has 0 radical (unpaired) electrons. The molecule has 1 aliphatic rings. The number of nitrogens with one attached hydrogen (secondary N) is 1. The van der Waals surface area contributed by atoms with Crippen molar-refractivity contribution in [3.05, 3.63) is 39.9 Å². The van der Waals surface area contributed by atoms with Crippen molar-refractivity contribution in [2.45, 2.75) is 27.2 Å². The van der Waals surface area contributed by atoms with Crippen LogP contribution in [0.4, 0.5) is 29.0 Å². The van der Waals surface area contributed by atoms with Crippen LogP contribution >= 0.6 is 0 Å². The number of nitrogens with zero attached hydrogens (tertiary/aromatic N) is 4. The number of piperidine rings is 1. The molecule has 0 saturated carbocycles. The topological polar surface area (TPSA) is 110 Å². The number of benzene rings is 1. The van der Waals surface area contributed by atoms with Gasteiger partial charge < -0.3 is 16.0 Å². The van der Waals surface area contributed by atoms with E-state index in [0.29, 0.717) is 23.5 Å². The van der Waals surface area contributed by atoms with Crippen LogP contribution in [0.2, 0.25) is 0 Å². The molecule has 3 N–H and O–H groups in total. The Labute approximate surface area is 152 Å². The van der Waals surface area contributed by atoms with E-state index in [1.54, 1.807) is 0 Å². The average Bonchev–Trinajstić information content (AvgIpc) is 2.55. The quantitative estimate of drug-likeness (QED) is 0.637. The first kappa shape index (κ1) is 17.9. The summed E-state index contributed by atoms with van der Waals surface area (Å²) in [5.74, 6) is 1.44. The van der Waals surface area contributed by atoms with Crippen LogP contribution in [0.5, 0.6) is 0 Å². The van der Waals surface area contributed by atoms with Crippen molar-refractivity contribution < 1.29 is 4.92 Å². The van der Waals surface area contributed by atoms with E-state index >= 15 is 0 Å². The number of anilines is 4. The van der Waals surface area contributed by atoms with Gasteiger partial charge >= 0.3 is 5.69 Å². The minimum Gasteiger partial charge on any atom is -0.378 e. The van der Waals surface area contributed by atoms with E-state index in [1.807, 2.05) is 31.2 Å². The summed E-state index contributed by atoms with van der Waals surface area (Å²) in [4.78, 5) is 21.6. The van der Waals surface area contributed by atoms with Crippen LogP contribution in [0.3, 0.4) is 0 Å². The van der Waals surface area contributed by atoms with Gasteiger partial charge in [-0.15, -0.1) is 0 Å². The van der Waals surface area contributed by atoms with Gasteiger partial charge in [0.15, 0.2) is 0 Å². The van der Waals surface area contributed by atoms with Gasteiger partial charge in [0.1, 0.15) is 0 Å². The monoisotopic (exact) mass is 356 g/mol. The first-order valence-corrected chi connectivity index (χ1v) is 8.74. The number of aryl methyl sites for hydroxylation is 1. The first-order valence-electron chi connectivity index (χ1n) is 8.74. The Kier molecular flexibility index (Phi) is 4.92. The predicted molar refractivity (Wildman–Crippen MR) is 103 cm³/mol. The van der Waals surface area contributed by atoms with Gasteiger partial charge in [-0.05, 0) is 37.3 Å². The molecule has 26 heavy (non-hydrogen) atoms. The van der Waals surface area contributed by atoms with E-state index in [2.05, 4.69) is 34.0 Å². The van der Waals surface area contributed by atoms with Crippen LogP contribution < -0.4 is 16.0 Å². The fourth-order valence-corrected chi connectivity index (χ4v) is 3.47. The lowest BCUT2D eigenvalue weighted by molar-refractivity contribution is -0.383. The molecule has 8 nitrogen and oxygen atoms in total. The van der Waals surface area contributed by atoms with Gasteiger partial charge in [-0.3, -0.25) is 10.1 Å². The molecule has 1 aliphatic heterocycles. The highest BCUT2D eigenvalue weighted by atomic mass is 16.6. The number of rotatable bonds is 4. The molecule has 8 heteroatoms. The maximum absolute atomic E-state index is 11.5. The van der Waals surface area contributed by atoms with Gasteiger partial charge in [0.05, 0.1) is 4.92 Å². The smallest absolute Gasteiger partial charge is 0.353 e. The number of nitrogen functional groups attached to an aromatic ring is 1. The number of hydrogen-bond donors (Lipinski definition) is 2. The van der Waals surface area contributed by atoms with Crippen molar-refractivity contribution >= 4 is 29.0 Å². The summed E-state index contributed by atoms with van der Waals surface area (Å²) in [7, 11) is 0. The standard InChI is InChI=1S/C18H24N6O2/c1-11-4-6-14(7-5-11)20-17-15(24(25)26)16(19)21-18(22-17)23-9-12(2)8-13(3)10-23/h4-7,12-13H,8-10H2,1-3H3,(H3,19,20,21,22)/t12-,13-/m0/s1. The number of nitrogens with two attached hydrogens (primary N) is 1. The zero-order valence-corrected chi connectivity index (χ0v) is 15.3. The molecule has 0 amide bonds. The molecular formula is C18H24N6O2. The Morgan fingerprint density at radius 3 is 2.38 bits per heavy atom. The summed E-state index contributed by atoms with van der Waals surface area (Å²) in [5.41, 5.74) is 7.43. The van der Waals surface area contributed by atoms with Gasteiger partial charge in [-0.1, -0.05) is 31.5 Å². The molecule has 3 rings (SSSR count). The Hall–Kier alpha value is -2.90. The molecule has 0 bridgehead atoms. The molecule has 2 aromatic rings. The fourth-order valence-electron chi connectivity index (χ4n) is 3.47. The molecule has 0 aliphatic carbocycles.